The van der Waals surface area contributed by atoms with Gasteiger partial charge in [0.1, 0.15) is 17.8 Å². The van der Waals surface area contributed by atoms with Gasteiger partial charge in [-0.1, -0.05) is 6.92 Å². The summed E-state index contributed by atoms with van der Waals surface area (Å²) >= 11 is 0. The lowest BCUT2D eigenvalue weighted by molar-refractivity contribution is -0.137. The Labute approximate surface area is 79.4 Å². The summed E-state index contributed by atoms with van der Waals surface area (Å²) in [4.78, 5) is 10.4. The van der Waals surface area contributed by atoms with Gasteiger partial charge in [-0.3, -0.25) is 4.79 Å². The summed E-state index contributed by atoms with van der Waals surface area (Å²) in [5.41, 5.74) is -0.323. The maximum Gasteiger partial charge on any atom is 0.311 e. The van der Waals surface area contributed by atoms with E-state index in [9.17, 15) is 4.79 Å². The fraction of sp³-hybridized carbons (Fsp3) is 0.700. The first-order chi connectivity index (χ1) is 5.85. The maximum absolute atomic E-state index is 10.4. The average molecular weight is 186 g/mol. The Balaban J connectivity index is 4.28. The molecule has 13 heavy (non-hydrogen) atoms. The summed E-state index contributed by atoms with van der Waals surface area (Å²) in [5.74, 6) is -0.313. The summed E-state index contributed by atoms with van der Waals surface area (Å²) in [5, 5.41) is 8.59. The third kappa shape index (κ3) is 7.37. The number of hydrogen-bond donors (Lipinski definition) is 1. The maximum atomic E-state index is 10.4. The summed E-state index contributed by atoms with van der Waals surface area (Å²) in [7, 11) is 0. The monoisotopic (exact) mass is 186 g/mol. The molecule has 0 aliphatic carbocycles. The zero-order valence-electron chi connectivity index (χ0n) is 8.76. The third-order valence-electron chi connectivity index (χ3n) is 1.19. The van der Waals surface area contributed by atoms with Crippen LogP contribution in [0.4, 0.5) is 0 Å². The molecule has 0 bridgehead atoms. The molecule has 0 fully saturated rings. The molecule has 0 aromatic rings. The highest BCUT2D eigenvalue weighted by atomic mass is 16.5. The van der Waals surface area contributed by atoms with Gasteiger partial charge in [0.05, 0.1) is 0 Å². The van der Waals surface area contributed by atoms with Crippen molar-refractivity contribution < 1.29 is 14.6 Å². The molecule has 0 amide bonds. The standard InChI is InChI=1S/C10H18O3/c1-5-6-8(7-9(11)12)13-10(2,3)4/h6H,5,7H2,1-4H3,(H,11,12). The zero-order chi connectivity index (χ0) is 10.5. The molecule has 0 aliphatic heterocycles. The highest BCUT2D eigenvalue weighted by Crippen LogP contribution is 2.16. The Bertz CT molecular complexity index is 199. The Morgan fingerprint density at radius 3 is 2.31 bits per heavy atom. The molecule has 0 radical (unpaired) electrons. The van der Waals surface area contributed by atoms with Crippen molar-refractivity contribution in [2.75, 3.05) is 0 Å². The van der Waals surface area contributed by atoms with Crippen molar-refractivity contribution in [3.05, 3.63) is 11.8 Å². The van der Waals surface area contributed by atoms with Crippen molar-refractivity contribution in [3.63, 3.8) is 0 Å². The van der Waals surface area contributed by atoms with Crippen LogP contribution >= 0.6 is 0 Å². The lowest BCUT2D eigenvalue weighted by Crippen LogP contribution is -2.19. The Kier molecular flexibility index (Phi) is 4.52. The number of carbonyl (C=O) groups is 1. The van der Waals surface area contributed by atoms with Gasteiger partial charge in [-0.05, 0) is 33.3 Å². The number of aliphatic carboxylic acids is 1. The molecule has 0 aromatic heterocycles. The molecule has 0 saturated carbocycles. The summed E-state index contributed by atoms with van der Waals surface area (Å²) in [6.07, 6.45) is 2.56. The molecule has 0 aromatic carbocycles. The van der Waals surface area contributed by atoms with Gasteiger partial charge in [-0.2, -0.15) is 0 Å². The first kappa shape index (κ1) is 12.0. The normalized spacial score (nSPS) is 12.8. The number of carboxylic acid groups (broad SMARTS) is 1. The minimum Gasteiger partial charge on any atom is -0.492 e. The highest BCUT2D eigenvalue weighted by Gasteiger charge is 2.15. The van der Waals surface area contributed by atoms with E-state index in [-0.39, 0.29) is 12.0 Å². The minimum absolute atomic E-state index is 0.0366. The first-order valence-corrected chi connectivity index (χ1v) is 4.45. The van der Waals surface area contributed by atoms with Crippen LogP contribution in [0, 0.1) is 0 Å². The van der Waals surface area contributed by atoms with E-state index in [1.165, 1.54) is 0 Å². The van der Waals surface area contributed by atoms with Gasteiger partial charge in [-0.25, -0.2) is 0 Å². The van der Waals surface area contributed by atoms with Gasteiger partial charge in [0.2, 0.25) is 0 Å². The topological polar surface area (TPSA) is 46.5 Å². The van der Waals surface area contributed by atoms with Crippen LogP contribution in [-0.2, 0) is 9.53 Å². The van der Waals surface area contributed by atoms with Crippen molar-refractivity contribution in [1.29, 1.82) is 0 Å². The predicted octanol–water partition coefficient (Wildman–Crippen LogP) is 2.57. The van der Waals surface area contributed by atoms with Crippen molar-refractivity contribution in [2.24, 2.45) is 0 Å². The quantitative estimate of drug-likeness (QED) is 0.686. The van der Waals surface area contributed by atoms with E-state index in [0.29, 0.717) is 5.76 Å². The second kappa shape index (κ2) is 4.90. The fourth-order valence-corrected chi connectivity index (χ4v) is 0.920. The highest BCUT2D eigenvalue weighted by molar-refractivity contribution is 5.69. The number of rotatable bonds is 4. The lowest BCUT2D eigenvalue weighted by atomic mass is 10.2. The van der Waals surface area contributed by atoms with E-state index < -0.39 is 5.97 Å². The Morgan fingerprint density at radius 1 is 1.46 bits per heavy atom. The molecule has 1 N–H and O–H groups in total. The van der Waals surface area contributed by atoms with Crippen LogP contribution < -0.4 is 0 Å². The van der Waals surface area contributed by atoms with Gasteiger partial charge in [0.25, 0.3) is 0 Å². The lowest BCUT2D eigenvalue weighted by Gasteiger charge is -2.22. The van der Waals surface area contributed by atoms with E-state index in [2.05, 4.69) is 0 Å². The first-order valence-electron chi connectivity index (χ1n) is 4.45. The number of ether oxygens (including phenoxy) is 1. The van der Waals surface area contributed by atoms with Crippen LogP contribution in [0.5, 0.6) is 0 Å². The van der Waals surface area contributed by atoms with Crippen LogP contribution in [0.15, 0.2) is 11.8 Å². The van der Waals surface area contributed by atoms with Crippen LogP contribution in [0.2, 0.25) is 0 Å². The summed E-state index contributed by atoms with van der Waals surface area (Å²) in [6.45, 7) is 7.66. The smallest absolute Gasteiger partial charge is 0.311 e. The van der Waals surface area contributed by atoms with Gasteiger partial charge in [0, 0.05) is 0 Å². The van der Waals surface area contributed by atoms with E-state index in [4.69, 9.17) is 9.84 Å². The van der Waals surface area contributed by atoms with E-state index in [1.807, 2.05) is 27.7 Å². The molecule has 0 aliphatic rings. The predicted molar refractivity (Wildman–Crippen MR) is 51.5 cm³/mol. The van der Waals surface area contributed by atoms with Gasteiger partial charge in [0.15, 0.2) is 0 Å². The van der Waals surface area contributed by atoms with Crippen LogP contribution in [-0.4, -0.2) is 16.7 Å². The van der Waals surface area contributed by atoms with Crippen molar-refractivity contribution in [1.82, 2.24) is 0 Å². The van der Waals surface area contributed by atoms with E-state index >= 15 is 0 Å². The molecule has 76 valence electrons. The number of allylic oxidation sites excluding steroid dienone is 1. The molecule has 0 heterocycles. The Morgan fingerprint density at radius 2 is 2.00 bits per heavy atom. The summed E-state index contributed by atoms with van der Waals surface area (Å²) < 4.78 is 5.47. The van der Waals surface area contributed by atoms with Crippen molar-refractivity contribution in [2.45, 2.75) is 46.1 Å². The van der Waals surface area contributed by atoms with Crippen LogP contribution in [0.1, 0.15) is 40.5 Å². The second-order valence-corrected chi connectivity index (χ2v) is 3.86. The second-order valence-electron chi connectivity index (χ2n) is 3.86. The minimum atomic E-state index is -0.857. The molecular formula is C10H18O3. The Hall–Kier alpha value is -0.990. The molecule has 0 spiro atoms. The van der Waals surface area contributed by atoms with Gasteiger partial charge < -0.3 is 9.84 Å². The molecule has 0 saturated heterocycles. The average Bonchev–Trinajstić information content (AvgIpc) is 1.81. The van der Waals surface area contributed by atoms with Crippen molar-refractivity contribution >= 4 is 5.97 Å². The molecule has 0 unspecified atom stereocenters. The molecule has 3 heteroatoms. The molecular weight excluding hydrogens is 168 g/mol. The van der Waals surface area contributed by atoms with Gasteiger partial charge in [-0.15, -0.1) is 0 Å². The largest absolute Gasteiger partial charge is 0.492 e. The fourth-order valence-electron chi connectivity index (χ4n) is 0.920. The zero-order valence-corrected chi connectivity index (χ0v) is 8.76. The summed E-state index contributed by atoms with van der Waals surface area (Å²) in [6, 6.07) is 0. The van der Waals surface area contributed by atoms with Gasteiger partial charge >= 0.3 is 5.97 Å². The molecule has 0 atom stereocenters. The number of carboxylic acids is 1. The SMILES string of the molecule is CCC=C(CC(=O)O)OC(C)(C)C. The molecule has 3 nitrogen and oxygen atoms in total. The van der Waals surface area contributed by atoms with E-state index in [1.54, 1.807) is 6.08 Å². The third-order valence-corrected chi connectivity index (χ3v) is 1.19. The van der Waals surface area contributed by atoms with Crippen LogP contribution in [0.25, 0.3) is 0 Å². The van der Waals surface area contributed by atoms with E-state index in [0.717, 1.165) is 6.42 Å². The van der Waals surface area contributed by atoms with Crippen molar-refractivity contribution in [3.8, 4) is 0 Å². The molecule has 0 rings (SSSR count). The van der Waals surface area contributed by atoms with Crippen LogP contribution in [0.3, 0.4) is 0 Å². The number of hydrogen-bond acceptors (Lipinski definition) is 2.